The quantitative estimate of drug-likeness (QED) is 0.535. The van der Waals surface area contributed by atoms with Crippen molar-refractivity contribution in [3.63, 3.8) is 0 Å². The maximum absolute atomic E-state index is 12.2. The van der Waals surface area contributed by atoms with Crippen LogP contribution in [0.3, 0.4) is 0 Å². The molecule has 0 radical (unpaired) electrons. The first-order chi connectivity index (χ1) is 13.1. The largest absolute Gasteiger partial charge is 0.465 e. The Hall–Kier alpha value is -3.18. The molecule has 0 heterocycles. The Bertz CT molecular complexity index is 925. The fourth-order valence-corrected chi connectivity index (χ4v) is 2.62. The first-order valence-corrected chi connectivity index (χ1v) is 8.67. The molecule has 0 atom stereocenters. The highest BCUT2D eigenvalue weighted by atomic mass is 35.5. The van der Waals surface area contributed by atoms with Crippen molar-refractivity contribution in [2.24, 2.45) is 0 Å². The minimum atomic E-state index is -0.456. The molecular weight excluding hydrogens is 364 g/mol. The topological polar surface area (TPSA) is 59.6 Å². The summed E-state index contributed by atoms with van der Waals surface area (Å²) in [6.45, 7) is 0. The molecule has 0 spiro atoms. The van der Waals surface area contributed by atoms with Crippen LogP contribution in [0, 0.1) is 0 Å². The Kier molecular flexibility index (Phi) is 5.84. The number of hydrogen-bond acceptors (Lipinski definition) is 5. The molecule has 5 nitrogen and oxygen atoms in total. The zero-order valence-electron chi connectivity index (χ0n) is 15.0. The standard InChI is InChI=1S/C21H19ClN2O3/c1-23-15-7-9-17(10-8-15)27-18-11-12-20(19(13-18)21(25)26-2)24-16-5-3-14(22)4-6-16/h3-13,23-24H,1-2H3. The monoisotopic (exact) mass is 382 g/mol. The second-order valence-electron chi connectivity index (χ2n) is 5.71. The molecule has 6 heteroatoms. The van der Waals surface area contributed by atoms with E-state index in [-0.39, 0.29) is 0 Å². The van der Waals surface area contributed by atoms with Crippen LogP contribution in [0.25, 0.3) is 0 Å². The molecule has 3 aromatic rings. The second kappa shape index (κ2) is 8.47. The number of nitrogens with one attached hydrogen (secondary N) is 2. The maximum atomic E-state index is 12.2. The molecule has 0 aliphatic rings. The van der Waals surface area contributed by atoms with Crippen LogP contribution in [0.5, 0.6) is 11.5 Å². The molecule has 3 rings (SSSR count). The van der Waals surface area contributed by atoms with Gasteiger partial charge in [0.05, 0.1) is 18.4 Å². The van der Waals surface area contributed by atoms with Crippen LogP contribution in [0.4, 0.5) is 17.1 Å². The van der Waals surface area contributed by atoms with Gasteiger partial charge < -0.3 is 20.1 Å². The number of benzene rings is 3. The molecule has 0 aliphatic heterocycles. The molecule has 0 saturated heterocycles. The minimum absolute atomic E-state index is 0.372. The van der Waals surface area contributed by atoms with Crippen LogP contribution in [0.2, 0.25) is 5.02 Å². The van der Waals surface area contributed by atoms with Crippen molar-refractivity contribution in [2.45, 2.75) is 0 Å². The summed E-state index contributed by atoms with van der Waals surface area (Å²) in [5.41, 5.74) is 2.78. The number of hydrogen-bond donors (Lipinski definition) is 2. The van der Waals surface area contributed by atoms with Crippen molar-refractivity contribution in [1.82, 2.24) is 0 Å². The number of methoxy groups -OCH3 is 1. The van der Waals surface area contributed by atoms with Crippen LogP contribution in [0.1, 0.15) is 10.4 Å². The Morgan fingerprint density at radius 1 is 0.889 bits per heavy atom. The first-order valence-electron chi connectivity index (χ1n) is 8.29. The van der Waals surface area contributed by atoms with Crippen molar-refractivity contribution in [3.05, 3.63) is 77.3 Å². The van der Waals surface area contributed by atoms with Crippen LogP contribution in [0.15, 0.2) is 66.7 Å². The van der Waals surface area contributed by atoms with Gasteiger partial charge >= 0.3 is 5.97 Å². The fraction of sp³-hybridized carbons (Fsp3) is 0.0952. The smallest absolute Gasteiger partial charge is 0.340 e. The van der Waals surface area contributed by atoms with Crippen molar-refractivity contribution in [1.29, 1.82) is 0 Å². The van der Waals surface area contributed by atoms with E-state index >= 15 is 0 Å². The highest BCUT2D eigenvalue weighted by molar-refractivity contribution is 6.30. The molecule has 0 fully saturated rings. The number of ether oxygens (including phenoxy) is 2. The average molecular weight is 383 g/mol. The number of anilines is 3. The van der Waals surface area contributed by atoms with Crippen LogP contribution >= 0.6 is 11.6 Å². The predicted octanol–water partition coefficient (Wildman–Crippen LogP) is 5.70. The van der Waals surface area contributed by atoms with E-state index in [1.54, 1.807) is 30.3 Å². The average Bonchev–Trinajstić information content (AvgIpc) is 2.70. The third-order valence-corrected chi connectivity index (χ3v) is 4.15. The number of rotatable bonds is 6. The first kappa shape index (κ1) is 18.6. The van der Waals surface area contributed by atoms with Crippen molar-refractivity contribution >= 4 is 34.6 Å². The van der Waals surface area contributed by atoms with Gasteiger partial charge in [-0.1, -0.05) is 11.6 Å². The van der Waals surface area contributed by atoms with Crippen LogP contribution in [-0.2, 0) is 4.74 Å². The number of carbonyl (C=O) groups excluding carboxylic acids is 1. The van der Waals surface area contributed by atoms with Gasteiger partial charge in [-0.3, -0.25) is 0 Å². The minimum Gasteiger partial charge on any atom is -0.465 e. The Morgan fingerprint density at radius 2 is 1.52 bits per heavy atom. The third kappa shape index (κ3) is 4.71. The highest BCUT2D eigenvalue weighted by Crippen LogP contribution is 2.30. The second-order valence-corrected chi connectivity index (χ2v) is 6.14. The Balaban J connectivity index is 1.86. The van der Waals surface area contributed by atoms with E-state index in [1.807, 2.05) is 43.4 Å². The zero-order valence-corrected chi connectivity index (χ0v) is 15.7. The summed E-state index contributed by atoms with van der Waals surface area (Å²) >= 11 is 5.91. The number of carbonyl (C=O) groups is 1. The van der Waals surface area contributed by atoms with Crippen molar-refractivity contribution in [3.8, 4) is 11.5 Å². The molecule has 0 unspecified atom stereocenters. The summed E-state index contributed by atoms with van der Waals surface area (Å²) in [5, 5.41) is 6.89. The fourth-order valence-electron chi connectivity index (χ4n) is 2.49. The van der Waals surface area contributed by atoms with Gasteiger partial charge in [0, 0.05) is 23.4 Å². The van der Waals surface area contributed by atoms with E-state index in [0.717, 1.165) is 11.4 Å². The third-order valence-electron chi connectivity index (χ3n) is 3.90. The van der Waals surface area contributed by atoms with E-state index in [1.165, 1.54) is 7.11 Å². The molecular formula is C21H19ClN2O3. The Morgan fingerprint density at radius 3 is 2.15 bits per heavy atom. The number of halogens is 1. The predicted molar refractivity (Wildman–Crippen MR) is 109 cm³/mol. The lowest BCUT2D eigenvalue weighted by Crippen LogP contribution is -2.06. The van der Waals surface area contributed by atoms with Gasteiger partial charge in [-0.2, -0.15) is 0 Å². The van der Waals surface area contributed by atoms with E-state index in [9.17, 15) is 4.79 Å². The van der Waals surface area contributed by atoms with Crippen LogP contribution < -0.4 is 15.4 Å². The molecule has 0 aliphatic carbocycles. The van der Waals surface area contributed by atoms with E-state index in [0.29, 0.717) is 27.8 Å². The zero-order chi connectivity index (χ0) is 19.2. The lowest BCUT2D eigenvalue weighted by Gasteiger charge is -2.13. The summed E-state index contributed by atoms with van der Waals surface area (Å²) < 4.78 is 10.8. The molecule has 27 heavy (non-hydrogen) atoms. The molecule has 0 amide bonds. The van der Waals surface area contributed by atoms with E-state index < -0.39 is 5.97 Å². The van der Waals surface area contributed by atoms with Gasteiger partial charge in [0.25, 0.3) is 0 Å². The summed E-state index contributed by atoms with van der Waals surface area (Å²) in [6.07, 6.45) is 0. The summed E-state index contributed by atoms with van der Waals surface area (Å²) in [5.74, 6) is 0.750. The summed E-state index contributed by atoms with van der Waals surface area (Å²) in [7, 11) is 3.20. The van der Waals surface area contributed by atoms with Crippen LogP contribution in [-0.4, -0.2) is 20.1 Å². The lowest BCUT2D eigenvalue weighted by atomic mass is 10.1. The van der Waals surface area contributed by atoms with Gasteiger partial charge in [0.1, 0.15) is 11.5 Å². The molecule has 0 saturated carbocycles. The van der Waals surface area contributed by atoms with Gasteiger partial charge in [0.15, 0.2) is 0 Å². The van der Waals surface area contributed by atoms with E-state index in [4.69, 9.17) is 21.1 Å². The SMILES string of the molecule is CNc1ccc(Oc2ccc(Nc3ccc(Cl)cc3)c(C(=O)OC)c2)cc1. The normalized spacial score (nSPS) is 10.2. The molecule has 0 aromatic heterocycles. The van der Waals surface area contributed by atoms with Gasteiger partial charge in [-0.05, 0) is 66.7 Å². The van der Waals surface area contributed by atoms with E-state index in [2.05, 4.69) is 10.6 Å². The molecule has 0 bridgehead atoms. The molecule has 3 aromatic carbocycles. The summed E-state index contributed by atoms with van der Waals surface area (Å²) in [4.78, 5) is 12.2. The van der Waals surface area contributed by atoms with Gasteiger partial charge in [-0.15, -0.1) is 0 Å². The number of esters is 1. The Labute approximate surface area is 162 Å². The van der Waals surface area contributed by atoms with Gasteiger partial charge in [0.2, 0.25) is 0 Å². The van der Waals surface area contributed by atoms with Crippen molar-refractivity contribution < 1.29 is 14.3 Å². The maximum Gasteiger partial charge on any atom is 0.340 e. The molecule has 138 valence electrons. The summed E-state index contributed by atoms with van der Waals surface area (Å²) in [6, 6.07) is 19.9. The van der Waals surface area contributed by atoms with Crippen molar-refractivity contribution in [2.75, 3.05) is 24.8 Å². The lowest BCUT2D eigenvalue weighted by molar-refractivity contribution is 0.0601. The molecule has 2 N–H and O–H groups in total. The van der Waals surface area contributed by atoms with Gasteiger partial charge in [-0.25, -0.2) is 4.79 Å². The highest BCUT2D eigenvalue weighted by Gasteiger charge is 2.14.